The standard InChI is InChI=1S/C42H35N/c1-2-10-32(11-3-1)30-37(40-18-8-14-35-12-4-6-16-39(35)40)25-22-31-20-23-33(24-21-31)34-26-28-38(29-27-34)43-42-19-9-15-36-13-5-7-17-41(36)42/h1-21,23-24,26-29,37,43H,22,25,30H2. The molecule has 208 valence electrons. The van der Waals surface area contributed by atoms with Crippen molar-refractivity contribution < 1.29 is 0 Å². The van der Waals surface area contributed by atoms with E-state index in [-0.39, 0.29) is 0 Å². The van der Waals surface area contributed by atoms with Crippen LogP contribution in [0.4, 0.5) is 11.4 Å². The van der Waals surface area contributed by atoms with Gasteiger partial charge in [0.25, 0.3) is 0 Å². The highest BCUT2D eigenvalue weighted by Crippen LogP contribution is 2.33. The third kappa shape index (κ3) is 6.08. The fourth-order valence-corrected chi connectivity index (χ4v) is 6.31. The first-order valence-electron chi connectivity index (χ1n) is 15.3. The largest absolute Gasteiger partial charge is 0.355 e. The highest BCUT2D eigenvalue weighted by Gasteiger charge is 2.16. The number of hydrogen-bond acceptors (Lipinski definition) is 1. The van der Waals surface area contributed by atoms with E-state index in [1.807, 2.05) is 0 Å². The summed E-state index contributed by atoms with van der Waals surface area (Å²) in [7, 11) is 0. The van der Waals surface area contributed by atoms with Crippen molar-refractivity contribution in [3.05, 3.63) is 180 Å². The first kappa shape index (κ1) is 26.7. The number of rotatable bonds is 9. The second-order valence-corrected chi connectivity index (χ2v) is 11.4. The topological polar surface area (TPSA) is 12.0 Å². The molecule has 0 amide bonds. The molecule has 0 spiro atoms. The summed E-state index contributed by atoms with van der Waals surface area (Å²) in [5.41, 5.74) is 8.93. The molecule has 1 unspecified atom stereocenters. The number of aryl methyl sites for hydroxylation is 1. The van der Waals surface area contributed by atoms with E-state index in [0.717, 1.165) is 30.6 Å². The average Bonchev–Trinajstić information content (AvgIpc) is 3.08. The molecule has 1 heteroatoms. The van der Waals surface area contributed by atoms with Crippen LogP contribution in [0.15, 0.2) is 164 Å². The first-order valence-corrected chi connectivity index (χ1v) is 15.3. The highest BCUT2D eigenvalue weighted by molar-refractivity contribution is 5.95. The van der Waals surface area contributed by atoms with Crippen LogP contribution in [-0.2, 0) is 12.8 Å². The Hall–Kier alpha value is -5.14. The summed E-state index contributed by atoms with van der Waals surface area (Å²) >= 11 is 0. The maximum absolute atomic E-state index is 3.60. The molecule has 0 heterocycles. The molecule has 43 heavy (non-hydrogen) atoms. The summed E-state index contributed by atoms with van der Waals surface area (Å²) in [5.74, 6) is 0.454. The highest BCUT2D eigenvalue weighted by atomic mass is 14.9. The van der Waals surface area contributed by atoms with Gasteiger partial charge in [0.05, 0.1) is 0 Å². The zero-order chi connectivity index (χ0) is 28.8. The quantitative estimate of drug-likeness (QED) is 0.187. The molecule has 7 aromatic carbocycles. The molecular weight excluding hydrogens is 518 g/mol. The molecule has 0 radical (unpaired) electrons. The summed E-state index contributed by atoms with van der Waals surface area (Å²) in [5, 5.41) is 8.77. The van der Waals surface area contributed by atoms with E-state index in [4.69, 9.17) is 0 Å². The maximum Gasteiger partial charge on any atom is 0.0463 e. The summed E-state index contributed by atoms with van der Waals surface area (Å²) in [6.07, 6.45) is 3.21. The van der Waals surface area contributed by atoms with Crippen molar-refractivity contribution in [1.82, 2.24) is 0 Å². The molecule has 0 bridgehead atoms. The third-order valence-electron chi connectivity index (χ3n) is 8.61. The van der Waals surface area contributed by atoms with Gasteiger partial charge in [-0.1, -0.05) is 146 Å². The van der Waals surface area contributed by atoms with Gasteiger partial charge in [-0.15, -0.1) is 0 Å². The lowest BCUT2D eigenvalue weighted by Crippen LogP contribution is -2.06. The Bertz CT molecular complexity index is 1940. The molecule has 7 aromatic rings. The average molecular weight is 554 g/mol. The van der Waals surface area contributed by atoms with Gasteiger partial charge >= 0.3 is 0 Å². The van der Waals surface area contributed by atoms with Crippen molar-refractivity contribution >= 4 is 32.9 Å². The fourth-order valence-electron chi connectivity index (χ4n) is 6.31. The monoisotopic (exact) mass is 553 g/mol. The fraction of sp³-hybridized carbons (Fsp3) is 0.0952. The van der Waals surface area contributed by atoms with Crippen LogP contribution in [0.5, 0.6) is 0 Å². The molecule has 0 fully saturated rings. The normalized spacial score (nSPS) is 11.9. The number of fused-ring (bicyclic) bond motifs is 2. The summed E-state index contributed by atoms with van der Waals surface area (Å²) in [6.45, 7) is 0. The van der Waals surface area contributed by atoms with Gasteiger partial charge in [0.2, 0.25) is 0 Å². The molecule has 1 N–H and O–H groups in total. The Morgan fingerprint density at radius 3 is 1.77 bits per heavy atom. The zero-order valence-corrected chi connectivity index (χ0v) is 24.3. The predicted molar refractivity (Wildman–Crippen MR) is 184 cm³/mol. The van der Waals surface area contributed by atoms with Crippen LogP contribution in [-0.4, -0.2) is 0 Å². The van der Waals surface area contributed by atoms with Crippen LogP contribution in [0.3, 0.4) is 0 Å². The Labute approximate surface area is 254 Å². The van der Waals surface area contributed by atoms with Crippen LogP contribution in [0.25, 0.3) is 32.7 Å². The minimum absolute atomic E-state index is 0.454. The van der Waals surface area contributed by atoms with Crippen molar-refractivity contribution in [1.29, 1.82) is 0 Å². The zero-order valence-electron chi connectivity index (χ0n) is 24.3. The molecule has 0 aromatic heterocycles. The van der Waals surface area contributed by atoms with Gasteiger partial charge in [-0.25, -0.2) is 0 Å². The molecule has 0 aliphatic rings. The first-order chi connectivity index (χ1) is 21.3. The summed E-state index contributed by atoms with van der Waals surface area (Å²) in [6, 6.07) is 59.3. The van der Waals surface area contributed by atoms with Gasteiger partial charge in [-0.3, -0.25) is 0 Å². The van der Waals surface area contributed by atoms with Crippen LogP contribution < -0.4 is 5.32 Å². The molecule has 0 saturated heterocycles. The molecule has 0 saturated carbocycles. The molecule has 0 aliphatic heterocycles. The van der Waals surface area contributed by atoms with Gasteiger partial charge < -0.3 is 5.32 Å². The van der Waals surface area contributed by atoms with Gasteiger partial charge in [-0.2, -0.15) is 0 Å². The van der Waals surface area contributed by atoms with Crippen molar-refractivity contribution in [3.63, 3.8) is 0 Å². The summed E-state index contributed by atoms with van der Waals surface area (Å²) < 4.78 is 0. The smallest absolute Gasteiger partial charge is 0.0463 e. The maximum atomic E-state index is 3.60. The molecule has 0 aliphatic carbocycles. The minimum Gasteiger partial charge on any atom is -0.355 e. The number of hydrogen-bond donors (Lipinski definition) is 1. The van der Waals surface area contributed by atoms with E-state index in [2.05, 4.69) is 169 Å². The van der Waals surface area contributed by atoms with E-state index in [9.17, 15) is 0 Å². The van der Waals surface area contributed by atoms with E-state index < -0.39 is 0 Å². The summed E-state index contributed by atoms with van der Waals surface area (Å²) in [4.78, 5) is 0. The van der Waals surface area contributed by atoms with Crippen LogP contribution >= 0.6 is 0 Å². The molecule has 1 nitrogen and oxygen atoms in total. The van der Waals surface area contributed by atoms with Crippen molar-refractivity contribution in [2.75, 3.05) is 5.32 Å². The number of nitrogens with one attached hydrogen (secondary N) is 1. The molecular formula is C42H35N. The predicted octanol–water partition coefficient (Wildman–Crippen LogP) is 11.4. The Kier molecular flexibility index (Phi) is 7.70. The second-order valence-electron chi connectivity index (χ2n) is 11.4. The SMILES string of the molecule is c1ccc(CC(CCc2ccc(-c3ccc(Nc4cccc5ccccc45)cc3)cc2)c2cccc3ccccc23)cc1. The van der Waals surface area contributed by atoms with E-state index in [1.54, 1.807) is 0 Å². The lowest BCUT2D eigenvalue weighted by Gasteiger charge is -2.20. The Morgan fingerprint density at radius 2 is 1.02 bits per heavy atom. The van der Waals surface area contributed by atoms with Gasteiger partial charge in [0.15, 0.2) is 0 Å². The van der Waals surface area contributed by atoms with E-state index >= 15 is 0 Å². The molecule has 1 atom stereocenters. The van der Waals surface area contributed by atoms with Gasteiger partial charge in [0.1, 0.15) is 0 Å². The molecule has 7 rings (SSSR count). The minimum atomic E-state index is 0.454. The van der Waals surface area contributed by atoms with Crippen LogP contribution in [0.1, 0.15) is 29.0 Å². The van der Waals surface area contributed by atoms with Gasteiger partial charge in [-0.05, 0) is 87.4 Å². The van der Waals surface area contributed by atoms with Crippen LogP contribution in [0, 0.1) is 0 Å². The van der Waals surface area contributed by atoms with Crippen molar-refractivity contribution in [3.8, 4) is 11.1 Å². The van der Waals surface area contributed by atoms with E-state index in [0.29, 0.717) is 5.92 Å². The van der Waals surface area contributed by atoms with E-state index in [1.165, 1.54) is 49.4 Å². The van der Waals surface area contributed by atoms with Crippen molar-refractivity contribution in [2.24, 2.45) is 0 Å². The Morgan fingerprint density at radius 1 is 0.442 bits per heavy atom. The lowest BCUT2D eigenvalue weighted by atomic mass is 9.84. The Balaban J connectivity index is 1.06. The van der Waals surface area contributed by atoms with Crippen LogP contribution in [0.2, 0.25) is 0 Å². The van der Waals surface area contributed by atoms with Crippen molar-refractivity contribution in [2.45, 2.75) is 25.2 Å². The third-order valence-corrected chi connectivity index (χ3v) is 8.61. The number of benzene rings is 7. The second kappa shape index (κ2) is 12.4. The van der Waals surface area contributed by atoms with Gasteiger partial charge in [0, 0.05) is 16.8 Å². The lowest BCUT2D eigenvalue weighted by molar-refractivity contribution is 0.625. The number of anilines is 2.